The second kappa shape index (κ2) is 5.40. The maximum atomic E-state index is 12.0. The van der Waals surface area contributed by atoms with Gasteiger partial charge in [-0.2, -0.15) is 0 Å². The molecule has 5 nitrogen and oxygen atoms in total. The summed E-state index contributed by atoms with van der Waals surface area (Å²) >= 11 is 0. The van der Waals surface area contributed by atoms with E-state index in [1.54, 1.807) is 25.1 Å². The zero-order valence-corrected chi connectivity index (χ0v) is 11.4. The van der Waals surface area contributed by atoms with Gasteiger partial charge in [-0.05, 0) is 24.1 Å². The van der Waals surface area contributed by atoms with Crippen molar-refractivity contribution >= 4 is 22.7 Å². The predicted molar refractivity (Wildman–Crippen MR) is 74.8 cm³/mol. The number of amides is 1. The second-order valence-electron chi connectivity index (χ2n) is 4.82. The van der Waals surface area contributed by atoms with Crippen LogP contribution in [0.1, 0.15) is 26.2 Å². The molecule has 0 saturated carbocycles. The number of aryl methyl sites for hydroxylation is 1. The number of fused-ring (bicyclic) bond motifs is 1. The van der Waals surface area contributed by atoms with Crippen LogP contribution in [0.15, 0.2) is 22.6 Å². The van der Waals surface area contributed by atoms with E-state index in [0.717, 1.165) is 11.9 Å². The van der Waals surface area contributed by atoms with Crippen LogP contribution in [0.5, 0.6) is 0 Å². The molecule has 1 aromatic heterocycles. The van der Waals surface area contributed by atoms with Crippen molar-refractivity contribution in [2.24, 2.45) is 11.7 Å². The Morgan fingerprint density at radius 3 is 2.95 bits per heavy atom. The van der Waals surface area contributed by atoms with Gasteiger partial charge in [0.25, 0.3) is 0 Å². The molecule has 0 spiro atoms. The highest BCUT2D eigenvalue weighted by Gasteiger charge is 2.19. The molecule has 1 heterocycles. The minimum Gasteiger partial charge on any atom is -0.441 e. The lowest BCUT2D eigenvalue weighted by molar-refractivity contribution is -0.118. The Hall–Kier alpha value is -1.88. The van der Waals surface area contributed by atoms with E-state index in [2.05, 4.69) is 10.3 Å². The van der Waals surface area contributed by atoms with Crippen molar-refractivity contribution in [3.8, 4) is 0 Å². The van der Waals surface area contributed by atoms with E-state index >= 15 is 0 Å². The topological polar surface area (TPSA) is 81.2 Å². The van der Waals surface area contributed by atoms with Gasteiger partial charge in [-0.25, -0.2) is 4.98 Å². The standard InChI is InChI=1S/C14H19N3O2/c1-4-8(2)13(15)14(18)17-10-5-6-12-11(7-10)16-9(3)19-12/h5-8,13H,4,15H2,1-3H3,(H,17,18). The monoisotopic (exact) mass is 261 g/mol. The number of hydrogen-bond acceptors (Lipinski definition) is 4. The summed E-state index contributed by atoms with van der Waals surface area (Å²) in [5, 5.41) is 2.81. The van der Waals surface area contributed by atoms with Crippen molar-refractivity contribution in [2.45, 2.75) is 33.2 Å². The molecule has 0 saturated heterocycles. The Balaban J connectivity index is 2.14. The number of nitrogens with zero attached hydrogens (tertiary/aromatic N) is 1. The average molecular weight is 261 g/mol. The van der Waals surface area contributed by atoms with Crippen LogP contribution < -0.4 is 11.1 Å². The number of oxazole rings is 1. The predicted octanol–water partition coefficient (Wildman–Crippen LogP) is 2.45. The van der Waals surface area contributed by atoms with Crippen LogP contribution in [-0.4, -0.2) is 16.9 Å². The Kier molecular flexibility index (Phi) is 3.85. The van der Waals surface area contributed by atoms with Crippen molar-refractivity contribution in [3.05, 3.63) is 24.1 Å². The summed E-state index contributed by atoms with van der Waals surface area (Å²) in [6.45, 7) is 5.77. The van der Waals surface area contributed by atoms with E-state index in [9.17, 15) is 4.79 Å². The third kappa shape index (κ3) is 2.93. The summed E-state index contributed by atoms with van der Waals surface area (Å²) < 4.78 is 5.38. The van der Waals surface area contributed by atoms with Gasteiger partial charge in [0.1, 0.15) is 5.52 Å². The molecule has 0 aliphatic rings. The van der Waals surface area contributed by atoms with Gasteiger partial charge in [-0.1, -0.05) is 20.3 Å². The summed E-state index contributed by atoms with van der Waals surface area (Å²) in [4.78, 5) is 16.2. The van der Waals surface area contributed by atoms with E-state index in [0.29, 0.717) is 17.2 Å². The van der Waals surface area contributed by atoms with Crippen molar-refractivity contribution in [2.75, 3.05) is 5.32 Å². The van der Waals surface area contributed by atoms with E-state index in [1.807, 2.05) is 13.8 Å². The Bertz CT molecular complexity index is 591. The molecular formula is C14H19N3O2. The molecule has 0 fully saturated rings. The fourth-order valence-corrected chi connectivity index (χ4v) is 1.86. The Labute approximate surface area is 112 Å². The van der Waals surface area contributed by atoms with Crippen LogP contribution in [0, 0.1) is 12.8 Å². The van der Waals surface area contributed by atoms with E-state index in [-0.39, 0.29) is 11.8 Å². The molecule has 19 heavy (non-hydrogen) atoms. The fourth-order valence-electron chi connectivity index (χ4n) is 1.86. The first kappa shape index (κ1) is 13.5. The zero-order chi connectivity index (χ0) is 14.0. The van der Waals surface area contributed by atoms with Crippen molar-refractivity contribution in [1.82, 2.24) is 4.98 Å². The molecule has 102 valence electrons. The number of nitrogens with two attached hydrogens (primary N) is 1. The molecular weight excluding hydrogens is 242 g/mol. The lowest BCUT2D eigenvalue weighted by Gasteiger charge is -2.17. The number of anilines is 1. The minimum atomic E-state index is -0.500. The van der Waals surface area contributed by atoms with Crippen LogP contribution in [-0.2, 0) is 4.79 Å². The van der Waals surface area contributed by atoms with Gasteiger partial charge in [0.2, 0.25) is 5.91 Å². The van der Waals surface area contributed by atoms with E-state index in [4.69, 9.17) is 10.2 Å². The lowest BCUT2D eigenvalue weighted by atomic mass is 9.99. The van der Waals surface area contributed by atoms with Gasteiger partial charge in [0, 0.05) is 12.6 Å². The number of carbonyl (C=O) groups excluding carboxylic acids is 1. The average Bonchev–Trinajstić information content (AvgIpc) is 2.76. The largest absolute Gasteiger partial charge is 0.441 e. The first-order valence-electron chi connectivity index (χ1n) is 6.45. The van der Waals surface area contributed by atoms with Crippen LogP contribution in [0.25, 0.3) is 11.1 Å². The number of rotatable bonds is 4. The van der Waals surface area contributed by atoms with Gasteiger partial charge in [0.15, 0.2) is 11.5 Å². The molecule has 3 N–H and O–H groups in total. The highest BCUT2D eigenvalue weighted by Crippen LogP contribution is 2.20. The summed E-state index contributed by atoms with van der Waals surface area (Å²) in [5.74, 6) is 0.585. The maximum Gasteiger partial charge on any atom is 0.241 e. The van der Waals surface area contributed by atoms with Gasteiger partial charge < -0.3 is 15.5 Å². The van der Waals surface area contributed by atoms with Crippen LogP contribution in [0.3, 0.4) is 0 Å². The molecule has 1 aromatic carbocycles. The van der Waals surface area contributed by atoms with Crippen molar-refractivity contribution < 1.29 is 9.21 Å². The number of benzene rings is 1. The van der Waals surface area contributed by atoms with E-state index < -0.39 is 6.04 Å². The summed E-state index contributed by atoms with van der Waals surface area (Å²) in [5.41, 5.74) is 8.01. The van der Waals surface area contributed by atoms with Crippen molar-refractivity contribution in [3.63, 3.8) is 0 Å². The molecule has 2 unspecified atom stereocenters. The summed E-state index contributed by atoms with van der Waals surface area (Å²) in [7, 11) is 0. The fraction of sp³-hybridized carbons (Fsp3) is 0.429. The van der Waals surface area contributed by atoms with Crippen molar-refractivity contribution in [1.29, 1.82) is 0 Å². The molecule has 0 aliphatic heterocycles. The van der Waals surface area contributed by atoms with Crippen LogP contribution >= 0.6 is 0 Å². The Morgan fingerprint density at radius 1 is 1.53 bits per heavy atom. The molecule has 0 aliphatic carbocycles. The smallest absolute Gasteiger partial charge is 0.241 e. The summed E-state index contributed by atoms with van der Waals surface area (Å²) in [6, 6.07) is 4.86. The molecule has 2 atom stereocenters. The van der Waals surface area contributed by atoms with Crippen LogP contribution in [0.2, 0.25) is 0 Å². The number of hydrogen-bond donors (Lipinski definition) is 2. The highest BCUT2D eigenvalue weighted by molar-refractivity contribution is 5.96. The molecule has 0 radical (unpaired) electrons. The molecule has 1 amide bonds. The molecule has 0 bridgehead atoms. The zero-order valence-electron chi connectivity index (χ0n) is 11.4. The normalized spacial score (nSPS) is 14.3. The molecule has 2 aromatic rings. The lowest BCUT2D eigenvalue weighted by Crippen LogP contribution is -2.40. The van der Waals surface area contributed by atoms with Gasteiger partial charge in [0.05, 0.1) is 6.04 Å². The van der Waals surface area contributed by atoms with Gasteiger partial charge >= 0.3 is 0 Å². The number of nitrogens with one attached hydrogen (secondary N) is 1. The maximum absolute atomic E-state index is 12.0. The first-order chi connectivity index (χ1) is 9.01. The Morgan fingerprint density at radius 2 is 2.26 bits per heavy atom. The second-order valence-corrected chi connectivity index (χ2v) is 4.82. The quantitative estimate of drug-likeness (QED) is 0.885. The minimum absolute atomic E-state index is 0.151. The first-order valence-corrected chi connectivity index (χ1v) is 6.45. The highest BCUT2D eigenvalue weighted by atomic mass is 16.3. The number of aromatic nitrogens is 1. The van der Waals surface area contributed by atoms with Gasteiger partial charge in [-0.15, -0.1) is 0 Å². The SMILES string of the molecule is CCC(C)C(N)C(=O)Nc1ccc2oc(C)nc2c1. The third-order valence-electron chi connectivity index (χ3n) is 3.32. The third-order valence-corrected chi connectivity index (χ3v) is 3.32. The van der Waals surface area contributed by atoms with Crippen LogP contribution in [0.4, 0.5) is 5.69 Å². The molecule has 5 heteroatoms. The molecule has 2 rings (SSSR count). The van der Waals surface area contributed by atoms with Gasteiger partial charge in [-0.3, -0.25) is 4.79 Å². The summed E-state index contributed by atoms with van der Waals surface area (Å²) in [6.07, 6.45) is 0.871. The van der Waals surface area contributed by atoms with E-state index in [1.165, 1.54) is 0 Å². The number of carbonyl (C=O) groups is 1.